The van der Waals surface area contributed by atoms with Crippen LogP contribution in [0.5, 0.6) is 0 Å². The van der Waals surface area contributed by atoms with E-state index in [2.05, 4.69) is 4.52 Å². The van der Waals surface area contributed by atoms with E-state index in [4.69, 9.17) is 14.9 Å². The van der Waals surface area contributed by atoms with E-state index in [1.54, 1.807) is 30.3 Å². The Kier molecular flexibility index (Phi) is 3.59. The van der Waals surface area contributed by atoms with Gasteiger partial charge >= 0.3 is 8.60 Å². The molecule has 1 atom stereocenters. The molecule has 0 aliphatic heterocycles. The average molecular weight is 188 g/mol. The SMILES string of the molecule is O[C@H](OP(O)O)c1ccccc1. The van der Waals surface area contributed by atoms with Crippen LogP contribution in [0, 0.1) is 0 Å². The molecule has 5 heteroatoms. The monoisotopic (exact) mass is 188 g/mol. The van der Waals surface area contributed by atoms with Crippen LogP contribution in [0.4, 0.5) is 0 Å². The molecule has 3 N–H and O–H groups in total. The van der Waals surface area contributed by atoms with Crippen LogP contribution in [0.25, 0.3) is 0 Å². The molecule has 0 radical (unpaired) electrons. The average Bonchev–Trinajstić information content (AvgIpc) is 2.05. The van der Waals surface area contributed by atoms with E-state index in [0.29, 0.717) is 5.56 Å². The molecular formula is C7H9O4P. The number of hydrogen-bond donors (Lipinski definition) is 3. The number of benzene rings is 1. The molecule has 0 heterocycles. The highest BCUT2D eigenvalue weighted by atomic mass is 31.2. The van der Waals surface area contributed by atoms with Crippen LogP contribution in [0.1, 0.15) is 11.9 Å². The lowest BCUT2D eigenvalue weighted by Crippen LogP contribution is -1.98. The Balaban J connectivity index is 2.59. The molecule has 12 heavy (non-hydrogen) atoms. The normalized spacial score (nSPS) is 13.3. The van der Waals surface area contributed by atoms with E-state index in [1.807, 2.05) is 0 Å². The molecule has 0 aliphatic rings. The van der Waals surface area contributed by atoms with Gasteiger partial charge in [0.25, 0.3) is 0 Å². The summed E-state index contributed by atoms with van der Waals surface area (Å²) in [6, 6.07) is 8.49. The predicted molar refractivity (Wildman–Crippen MR) is 43.8 cm³/mol. The van der Waals surface area contributed by atoms with E-state index in [1.165, 1.54) is 0 Å². The molecule has 1 rings (SSSR count). The zero-order chi connectivity index (χ0) is 8.97. The van der Waals surface area contributed by atoms with Gasteiger partial charge in [-0.1, -0.05) is 30.3 Å². The molecule has 0 bridgehead atoms. The lowest BCUT2D eigenvalue weighted by molar-refractivity contribution is -0.0270. The van der Waals surface area contributed by atoms with Crippen molar-refractivity contribution in [3.05, 3.63) is 35.9 Å². The topological polar surface area (TPSA) is 69.9 Å². The Bertz CT molecular complexity index is 226. The second-order valence-electron chi connectivity index (χ2n) is 2.12. The van der Waals surface area contributed by atoms with Gasteiger partial charge < -0.3 is 14.9 Å². The Hall–Kier alpha value is -0.510. The molecule has 0 amide bonds. The maximum absolute atomic E-state index is 9.16. The third-order valence-corrected chi connectivity index (χ3v) is 1.67. The quantitative estimate of drug-likeness (QED) is 0.487. The van der Waals surface area contributed by atoms with E-state index in [9.17, 15) is 0 Å². The minimum absolute atomic E-state index is 0.494. The van der Waals surface area contributed by atoms with Crippen LogP contribution in [0.3, 0.4) is 0 Å². The molecule has 0 saturated carbocycles. The molecule has 4 nitrogen and oxygen atoms in total. The van der Waals surface area contributed by atoms with Gasteiger partial charge in [0.1, 0.15) is 0 Å². The zero-order valence-electron chi connectivity index (χ0n) is 6.16. The first-order chi connectivity index (χ1) is 5.70. The summed E-state index contributed by atoms with van der Waals surface area (Å²) < 4.78 is 4.37. The third-order valence-electron chi connectivity index (χ3n) is 1.28. The van der Waals surface area contributed by atoms with Crippen molar-refractivity contribution >= 4 is 8.60 Å². The molecule has 0 saturated heterocycles. The lowest BCUT2D eigenvalue weighted by Gasteiger charge is -2.11. The van der Waals surface area contributed by atoms with Gasteiger partial charge in [-0.3, -0.25) is 4.52 Å². The summed E-state index contributed by atoms with van der Waals surface area (Å²) in [6.45, 7) is 0. The molecular weight excluding hydrogens is 179 g/mol. The van der Waals surface area contributed by atoms with Crippen molar-refractivity contribution in [2.45, 2.75) is 6.29 Å². The van der Waals surface area contributed by atoms with Crippen LogP contribution in [-0.2, 0) is 4.52 Å². The van der Waals surface area contributed by atoms with Crippen molar-refractivity contribution in [1.82, 2.24) is 0 Å². The first-order valence-corrected chi connectivity index (χ1v) is 4.44. The fourth-order valence-corrected chi connectivity index (χ4v) is 1.07. The van der Waals surface area contributed by atoms with Crippen LogP contribution in [-0.4, -0.2) is 14.9 Å². The summed E-state index contributed by atoms with van der Waals surface area (Å²) in [5.41, 5.74) is 0.494. The summed E-state index contributed by atoms with van der Waals surface area (Å²) in [5.74, 6) is 0. The Labute approximate surface area is 71.1 Å². The first-order valence-electron chi connectivity index (χ1n) is 3.28. The first kappa shape index (κ1) is 9.58. The van der Waals surface area contributed by atoms with E-state index in [0.717, 1.165) is 0 Å². The highest BCUT2D eigenvalue weighted by Gasteiger charge is 2.11. The Morgan fingerprint density at radius 1 is 1.17 bits per heavy atom. The molecule has 0 fully saturated rings. The molecule has 0 aliphatic carbocycles. The molecule has 0 unspecified atom stereocenters. The molecule has 1 aromatic carbocycles. The van der Waals surface area contributed by atoms with Crippen molar-refractivity contribution in [2.75, 3.05) is 0 Å². The van der Waals surface area contributed by atoms with E-state index in [-0.39, 0.29) is 0 Å². The summed E-state index contributed by atoms with van der Waals surface area (Å²) in [6.07, 6.45) is -1.27. The maximum Gasteiger partial charge on any atom is 0.329 e. The molecule has 66 valence electrons. The van der Waals surface area contributed by atoms with Gasteiger partial charge in [0, 0.05) is 5.56 Å². The minimum atomic E-state index is -2.51. The van der Waals surface area contributed by atoms with Gasteiger partial charge in [-0.05, 0) is 0 Å². The lowest BCUT2D eigenvalue weighted by atomic mass is 10.2. The number of aliphatic hydroxyl groups excluding tert-OH is 1. The summed E-state index contributed by atoms with van der Waals surface area (Å²) >= 11 is 0. The highest BCUT2D eigenvalue weighted by Crippen LogP contribution is 2.32. The molecule has 0 spiro atoms. The van der Waals surface area contributed by atoms with E-state index < -0.39 is 14.9 Å². The summed E-state index contributed by atoms with van der Waals surface area (Å²) in [7, 11) is -2.51. The minimum Gasteiger partial charge on any atom is -0.364 e. The zero-order valence-corrected chi connectivity index (χ0v) is 7.06. The van der Waals surface area contributed by atoms with Gasteiger partial charge in [0.15, 0.2) is 6.29 Å². The van der Waals surface area contributed by atoms with Crippen molar-refractivity contribution in [3.8, 4) is 0 Å². The summed E-state index contributed by atoms with van der Waals surface area (Å²) in [4.78, 5) is 16.8. The predicted octanol–water partition coefficient (Wildman–Crippen LogP) is 0.906. The smallest absolute Gasteiger partial charge is 0.329 e. The number of rotatable bonds is 3. The number of aliphatic hydroxyl groups is 1. The third kappa shape index (κ3) is 2.85. The highest BCUT2D eigenvalue weighted by molar-refractivity contribution is 7.39. The van der Waals surface area contributed by atoms with Gasteiger partial charge in [-0.15, -0.1) is 0 Å². The Morgan fingerprint density at radius 3 is 2.25 bits per heavy atom. The molecule has 0 aromatic heterocycles. The fourth-order valence-electron chi connectivity index (χ4n) is 0.768. The van der Waals surface area contributed by atoms with Crippen molar-refractivity contribution in [1.29, 1.82) is 0 Å². The van der Waals surface area contributed by atoms with Crippen molar-refractivity contribution in [2.24, 2.45) is 0 Å². The van der Waals surface area contributed by atoms with Gasteiger partial charge in [-0.25, -0.2) is 0 Å². The van der Waals surface area contributed by atoms with Crippen LogP contribution in [0.2, 0.25) is 0 Å². The number of hydrogen-bond acceptors (Lipinski definition) is 4. The van der Waals surface area contributed by atoms with Crippen LogP contribution < -0.4 is 0 Å². The second kappa shape index (κ2) is 4.50. The van der Waals surface area contributed by atoms with Gasteiger partial charge in [-0.2, -0.15) is 0 Å². The van der Waals surface area contributed by atoms with Crippen LogP contribution in [0.15, 0.2) is 30.3 Å². The fraction of sp³-hybridized carbons (Fsp3) is 0.143. The maximum atomic E-state index is 9.16. The van der Waals surface area contributed by atoms with Gasteiger partial charge in [0.05, 0.1) is 0 Å². The standard InChI is InChI=1S/C7H9O4P/c8-7(11-12(9)10)6-4-2-1-3-5-6/h1-5,7-10H/t7-/m1/s1. The van der Waals surface area contributed by atoms with Crippen LogP contribution >= 0.6 is 8.60 Å². The molecule has 1 aromatic rings. The van der Waals surface area contributed by atoms with Crippen molar-refractivity contribution in [3.63, 3.8) is 0 Å². The Morgan fingerprint density at radius 2 is 1.75 bits per heavy atom. The largest absolute Gasteiger partial charge is 0.364 e. The van der Waals surface area contributed by atoms with E-state index >= 15 is 0 Å². The van der Waals surface area contributed by atoms with Crippen molar-refractivity contribution < 1.29 is 19.4 Å². The summed E-state index contributed by atoms with van der Waals surface area (Å²) in [5, 5.41) is 9.16. The second-order valence-corrected chi connectivity index (χ2v) is 2.84. The van der Waals surface area contributed by atoms with Gasteiger partial charge in [0.2, 0.25) is 0 Å².